The number of carbonyl (C=O) groups excluding carboxylic acids is 2. The standard InChI is InChI=1S/C21H31N5O3S/c22-20-23-12-17(30-20)18(27)26-6-4-14-11-16(25-7-9-29-10-8-25)3-5-21(14,13-26)19(28)24-15-1-2-15/h12,14-16H,1-11,13H2,(H2,22,23)(H,24,28)/t14-,16+,21-/m1/s1. The third-order valence-electron chi connectivity index (χ3n) is 7.43. The summed E-state index contributed by atoms with van der Waals surface area (Å²) >= 11 is 1.22. The molecule has 3 N–H and O–H groups in total. The SMILES string of the molecule is Nc1ncc(C(=O)N2CC[C@@H]3C[C@@H](N4CCOCC4)CC[C@@]3(C(=O)NC3CC3)C2)s1. The largest absolute Gasteiger partial charge is 0.379 e. The molecule has 0 bridgehead atoms. The van der Waals surface area contributed by atoms with Crippen LogP contribution in [0.1, 0.15) is 48.2 Å². The molecule has 1 aromatic rings. The quantitative estimate of drug-likeness (QED) is 0.743. The van der Waals surface area contributed by atoms with Crippen LogP contribution in [0.15, 0.2) is 6.20 Å². The highest BCUT2D eigenvalue weighted by atomic mass is 32.1. The summed E-state index contributed by atoms with van der Waals surface area (Å²) in [6.45, 7) is 4.76. The number of nitrogens with one attached hydrogen (secondary N) is 1. The number of anilines is 1. The van der Waals surface area contributed by atoms with Crippen molar-refractivity contribution in [2.75, 3.05) is 45.1 Å². The highest BCUT2D eigenvalue weighted by Crippen LogP contribution is 2.48. The average molecular weight is 434 g/mol. The van der Waals surface area contributed by atoms with Crippen LogP contribution < -0.4 is 11.1 Å². The van der Waals surface area contributed by atoms with Gasteiger partial charge in [0.15, 0.2) is 5.13 Å². The van der Waals surface area contributed by atoms with E-state index in [4.69, 9.17) is 10.5 Å². The predicted molar refractivity (Wildman–Crippen MR) is 114 cm³/mol. The summed E-state index contributed by atoms with van der Waals surface area (Å²) in [5.41, 5.74) is 5.26. The Morgan fingerprint density at radius 1 is 1.20 bits per heavy atom. The number of hydrogen-bond acceptors (Lipinski definition) is 7. The van der Waals surface area contributed by atoms with Crippen LogP contribution in [0.4, 0.5) is 5.13 Å². The van der Waals surface area contributed by atoms with Crippen LogP contribution in [-0.2, 0) is 9.53 Å². The fourth-order valence-electron chi connectivity index (χ4n) is 5.55. The van der Waals surface area contributed by atoms with Gasteiger partial charge in [0.1, 0.15) is 4.88 Å². The van der Waals surface area contributed by atoms with E-state index in [-0.39, 0.29) is 11.8 Å². The Kier molecular flexibility index (Phi) is 5.45. The molecule has 9 heteroatoms. The molecule has 0 unspecified atom stereocenters. The van der Waals surface area contributed by atoms with Gasteiger partial charge >= 0.3 is 0 Å². The number of rotatable bonds is 4. The Hall–Kier alpha value is -1.71. The van der Waals surface area contributed by atoms with Gasteiger partial charge in [0, 0.05) is 38.3 Å². The number of carbonyl (C=O) groups is 2. The molecule has 2 amide bonds. The van der Waals surface area contributed by atoms with Gasteiger partial charge in [-0.3, -0.25) is 14.5 Å². The number of piperidine rings is 1. The topological polar surface area (TPSA) is 101 Å². The summed E-state index contributed by atoms with van der Waals surface area (Å²) in [6, 6.07) is 0.848. The second-order valence-electron chi connectivity index (χ2n) is 9.26. The predicted octanol–water partition coefficient (Wildman–Crippen LogP) is 1.34. The van der Waals surface area contributed by atoms with E-state index in [2.05, 4.69) is 15.2 Å². The lowest BCUT2D eigenvalue weighted by atomic mass is 9.60. The molecule has 1 aromatic heterocycles. The summed E-state index contributed by atoms with van der Waals surface area (Å²) < 4.78 is 5.53. The lowest BCUT2D eigenvalue weighted by Crippen LogP contribution is -2.61. The summed E-state index contributed by atoms with van der Waals surface area (Å²) in [4.78, 5) is 35.6. The maximum Gasteiger partial charge on any atom is 0.265 e. The zero-order chi connectivity index (χ0) is 20.7. The van der Waals surface area contributed by atoms with Crippen molar-refractivity contribution in [1.82, 2.24) is 20.1 Å². The number of likely N-dealkylation sites (tertiary alicyclic amines) is 1. The fraction of sp³-hybridized carbons (Fsp3) is 0.762. The normalized spacial score (nSPS) is 32.5. The summed E-state index contributed by atoms with van der Waals surface area (Å²) in [5.74, 6) is 0.432. The molecule has 3 heterocycles. The molecule has 0 spiro atoms. The van der Waals surface area contributed by atoms with Gasteiger partial charge < -0.3 is 20.7 Å². The first kappa shape index (κ1) is 20.2. The minimum Gasteiger partial charge on any atom is -0.379 e. The van der Waals surface area contributed by atoms with Gasteiger partial charge in [-0.2, -0.15) is 0 Å². The molecule has 2 aliphatic carbocycles. The van der Waals surface area contributed by atoms with Crippen molar-refractivity contribution >= 4 is 28.3 Å². The van der Waals surface area contributed by atoms with Crippen LogP contribution in [0.25, 0.3) is 0 Å². The van der Waals surface area contributed by atoms with Gasteiger partial charge in [-0.05, 0) is 44.4 Å². The lowest BCUT2D eigenvalue weighted by molar-refractivity contribution is -0.143. The number of ether oxygens (including phenoxy) is 1. The molecular formula is C21H31N5O3S. The average Bonchev–Trinajstić information content (AvgIpc) is 3.49. The molecule has 3 atom stereocenters. The first-order valence-corrected chi connectivity index (χ1v) is 12.0. The molecule has 4 aliphatic rings. The minimum absolute atomic E-state index is 0.0449. The van der Waals surface area contributed by atoms with E-state index in [1.165, 1.54) is 11.3 Å². The number of amides is 2. The number of hydrogen-bond donors (Lipinski definition) is 2. The molecule has 2 saturated heterocycles. The second-order valence-corrected chi connectivity index (χ2v) is 10.3. The van der Waals surface area contributed by atoms with Crippen LogP contribution >= 0.6 is 11.3 Å². The summed E-state index contributed by atoms with van der Waals surface area (Å²) in [6.07, 6.45) is 7.46. The van der Waals surface area contributed by atoms with Crippen molar-refractivity contribution in [2.24, 2.45) is 11.3 Å². The summed E-state index contributed by atoms with van der Waals surface area (Å²) in [7, 11) is 0. The molecule has 2 saturated carbocycles. The number of fused-ring (bicyclic) bond motifs is 1. The van der Waals surface area contributed by atoms with Gasteiger partial charge in [-0.1, -0.05) is 11.3 Å². The van der Waals surface area contributed by atoms with E-state index in [0.29, 0.717) is 41.1 Å². The lowest BCUT2D eigenvalue weighted by Gasteiger charge is -2.53. The van der Waals surface area contributed by atoms with Crippen LogP contribution in [0.5, 0.6) is 0 Å². The van der Waals surface area contributed by atoms with Gasteiger partial charge in [-0.15, -0.1) is 0 Å². The van der Waals surface area contributed by atoms with Crippen molar-refractivity contribution in [1.29, 1.82) is 0 Å². The third kappa shape index (κ3) is 3.83. The van der Waals surface area contributed by atoms with Crippen molar-refractivity contribution in [3.8, 4) is 0 Å². The number of aromatic nitrogens is 1. The van der Waals surface area contributed by atoms with E-state index >= 15 is 0 Å². The Morgan fingerprint density at radius 3 is 2.70 bits per heavy atom. The molecule has 4 fully saturated rings. The molecule has 0 aromatic carbocycles. The first-order chi connectivity index (χ1) is 14.5. The Balaban J connectivity index is 1.35. The summed E-state index contributed by atoms with van der Waals surface area (Å²) in [5, 5.41) is 3.67. The van der Waals surface area contributed by atoms with Crippen molar-refractivity contribution in [3.05, 3.63) is 11.1 Å². The number of thiazole rings is 1. The Bertz CT molecular complexity index is 806. The van der Waals surface area contributed by atoms with Crippen LogP contribution in [0.2, 0.25) is 0 Å². The van der Waals surface area contributed by atoms with Gasteiger partial charge in [0.05, 0.1) is 24.8 Å². The maximum absolute atomic E-state index is 13.5. The molecule has 5 rings (SSSR count). The van der Waals surface area contributed by atoms with Gasteiger partial charge in [-0.25, -0.2) is 4.98 Å². The van der Waals surface area contributed by atoms with Crippen molar-refractivity contribution < 1.29 is 14.3 Å². The number of nitrogens with two attached hydrogens (primary N) is 1. The molecule has 0 radical (unpaired) electrons. The zero-order valence-electron chi connectivity index (χ0n) is 17.3. The van der Waals surface area contributed by atoms with Crippen LogP contribution in [0.3, 0.4) is 0 Å². The van der Waals surface area contributed by atoms with E-state index < -0.39 is 5.41 Å². The van der Waals surface area contributed by atoms with Gasteiger partial charge in [0.2, 0.25) is 5.91 Å². The Morgan fingerprint density at radius 2 is 2.00 bits per heavy atom. The molecular weight excluding hydrogens is 402 g/mol. The van der Waals surface area contributed by atoms with Crippen LogP contribution in [0, 0.1) is 11.3 Å². The zero-order valence-corrected chi connectivity index (χ0v) is 18.2. The van der Waals surface area contributed by atoms with E-state index in [0.717, 1.165) is 64.8 Å². The monoisotopic (exact) mass is 433 g/mol. The van der Waals surface area contributed by atoms with E-state index in [1.807, 2.05) is 4.90 Å². The van der Waals surface area contributed by atoms with Crippen LogP contribution in [-0.4, -0.2) is 78.1 Å². The smallest absolute Gasteiger partial charge is 0.265 e. The molecule has 30 heavy (non-hydrogen) atoms. The van der Waals surface area contributed by atoms with Crippen molar-refractivity contribution in [2.45, 2.75) is 50.6 Å². The third-order valence-corrected chi connectivity index (χ3v) is 8.25. The maximum atomic E-state index is 13.5. The Labute approximate surface area is 181 Å². The minimum atomic E-state index is -0.477. The fourth-order valence-corrected chi connectivity index (χ4v) is 6.20. The first-order valence-electron chi connectivity index (χ1n) is 11.2. The molecule has 8 nitrogen and oxygen atoms in total. The van der Waals surface area contributed by atoms with Crippen molar-refractivity contribution in [3.63, 3.8) is 0 Å². The van der Waals surface area contributed by atoms with Gasteiger partial charge in [0.25, 0.3) is 5.91 Å². The van der Waals surface area contributed by atoms with E-state index in [9.17, 15) is 9.59 Å². The second kappa shape index (κ2) is 8.09. The molecule has 164 valence electrons. The number of morpholine rings is 1. The number of nitrogen functional groups attached to an aromatic ring is 1. The highest BCUT2D eigenvalue weighted by Gasteiger charge is 2.54. The number of nitrogens with zero attached hydrogens (tertiary/aromatic N) is 3. The molecule has 2 aliphatic heterocycles. The highest BCUT2D eigenvalue weighted by molar-refractivity contribution is 7.17. The van der Waals surface area contributed by atoms with E-state index in [1.54, 1.807) is 6.20 Å².